The van der Waals surface area contributed by atoms with Gasteiger partial charge in [0.1, 0.15) is 12.4 Å². The molecule has 1 aliphatic heterocycles. The summed E-state index contributed by atoms with van der Waals surface area (Å²) in [6, 6.07) is 18.9. The highest BCUT2D eigenvalue weighted by molar-refractivity contribution is 5.77. The number of ether oxygens (including phenoxy) is 1. The lowest BCUT2D eigenvalue weighted by Gasteiger charge is -2.06. The third-order valence-electron chi connectivity index (χ3n) is 3.41. The van der Waals surface area contributed by atoms with Crippen molar-refractivity contribution in [2.24, 2.45) is 0 Å². The summed E-state index contributed by atoms with van der Waals surface area (Å²) in [5, 5.41) is 0. The maximum Gasteiger partial charge on any atom is 0.127 e. The van der Waals surface area contributed by atoms with Gasteiger partial charge >= 0.3 is 0 Å². The lowest BCUT2D eigenvalue weighted by Crippen LogP contribution is -1.95. The van der Waals surface area contributed by atoms with Crippen molar-refractivity contribution in [1.82, 2.24) is 0 Å². The van der Waals surface area contributed by atoms with Crippen LogP contribution in [-0.2, 0) is 6.42 Å². The van der Waals surface area contributed by atoms with E-state index in [1.165, 1.54) is 22.3 Å². The summed E-state index contributed by atoms with van der Waals surface area (Å²) in [5.74, 6) is 1.01. The molecule has 3 rings (SSSR count). The first kappa shape index (κ1) is 11.1. The molecule has 1 aliphatic rings. The molecule has 0 bridgehead atoms. The van der Waals surface area contributed by atoms with Gasteiger partial charge in [-0.1, -0.05) is 54.1 Å². The Morgan fingerprint density at radius 1 is 1.00 bits per heavy atom. The number of hydrogen-bond acceptors (Lipinski definition) is 1. The molecule has 0 N–H and O–H groups in total. The SMILES string of the molecule is C/C(Cc1ccccc1)=C1\COc2ccccc21. The fourth-order valence-corrected chi connectivity index (χ4v) is 2.43. The van der Waals surface area contributed by atoms with Gasteiger partial charge in [0, 0.05) is 5.56 Å². The second-order valence-corrected chi connectivity index (χ2v) is 4.71. The maximum atomic E-state index is 5.71. The molecule has 1 nitrogen and oxygen atoms in total. The van der Waals surface area contributed by atoms with Crippen LogP contribution in [0.25, 0.3) is 5.57 Å². The van der Waals surface area contributed by atoms with Gasteiger partial charge in [-0.3, -0.25) is 0 Å². The van der Waals surface area contributed by atoms with Crippen LogP contribution >= 0.6 is 0 Å². The number of para-hydroxylation sites is 1. The lowest BCUT2D eigenvalue weighted by atomic mass is 9.97. The Kier molecular flexibility index (Phi) is 2.89. The van der Waals surface area contributed by atoms with Crippen LogP contribution in [0.15, 0.2) is 60.2 Å². The second-order valence-electron chi connectivity index (χ2n) is 4.71. The van der Waals surface area contributed by atoms with E-state index in [9.17, 15) is 0 Å². The molecule has 0 aromatic heterocycles. The van der Waals surface area contributed by atoms with Crippen LogP contribution in [0.5, 0.6) is 5.75 Å². The van der Waals surface area contributed by atoms with Crippen molar-refractivity contribution in [2.75, 3.05) is 6.61 Å². The number of hydrogen-bond donors (Lipinski definition) is 0. The Labute approximate surface area is 108 Å². The fourth-order valence-electron chi connectivity index (χ4n) is 2.43. The summed E-state index contributed by atoms with van der Waals surface area (Å²) in [7, 11) is 0. The van der Waals surface area contributed by atoms with Crippen LogP contribution in [-0.4, -0.2) is 6.61 Å². The minimum Gasteiger partial charge on any atom is -0.488 e. The van der Waals surface area contributed by atoms with E-state index in [-0.39, 0.29) is 0 Å². The summed E-state index contributed by atoms with van der Waals surface area (Å²) < 4.78 is 5.71. The highest BCUT2D eigenvalue weighted by Crippen LogP contribution is 2.35. The first-order valence-corrected chi connectivity index (χ1v) is 6.29. The van der Waals surface area contributed by atoms with Crippen molar-refractivity contribution in [1.29, 1.82) is 0 Å². The van der Waals surface area contributed by atoms with Crippen LogP contribution in [0.4, 0.5) is 0 Å². The molecular formula is C17H16O. The Morgan fingerprint density at radius 3 is 2.56 bits per heavy atom. The Hall–Kier alpha value is -2.02. The quantitative estimate of drug-likeness (QED) is 0.763. The Balaban J connectivity index is 1.92. The zero-order chi connectivity index (χ0) is 12.4. The van der Waals surface area contributed by atoms with E-state index in [1.54, 1.807) is 0 Å². The minimum absolute atomic E-state index is 0.706. The van der Waals surface area contributed by atoms with Gasteiger partial charge in [-0.25, -0.2) is 0 Å². The second kappa shape index (κ2) is 4.69. The molecule has 0 saturated carbocycles. The summed E-state index contributed by atoms with van der Waals surface area (Å²) in [6.07, 6.45) is 0.994. The maximum absolute atomic E-state index is 5.71. The van der Waals surface area contributed by atoms with E-state index in [0.29, 0.717) is 6.61 Å². The fraction of sp³-hybridized carbons (Fsp3) is 0.176. The van der Waals surface area contributed by atoms with Gasteiger partial charge in [-0.2, -0.15) is 0 Å². The van der Waals surface area contributed by atoms with Gasteiger partial charge in [0.15, 0.2) is 0 Å². The van der Waals surface area contributed by atoms with Gasteiger partial charge < -0.3 is 4.74 Å². The molecule has 90 valence electrons. The van der Waals surface area contributed by atoms with E-state index < -0.39 is 0 Å². The van der Waals surface area contributed by atoms with Crippen molar-refractivity contribution >= 4 is 5.57 Å². The highest BCUT2D eigenvalue weighted by Gasteiger charge is 2.18. The van der Waals surface area contributed by atoms with E-state index >= 15 is 0 Å². The minimum atomic E-state index is 0.706. The largest absolute Gasteiger partial charge is 0.488 e. The molecule has 0 unspecified atom stereocenters. The third-order valence-corrected chi connectivity index (χ3v) is 3.41. The predicted octanol–water partition coefficient (Wildman–Crippen LogP) is 4.10. The monoisotopic (exact) mass is 236 g/mol. The van der Waals surface area contributed by atoms with Gasteiger partial charge in [0.25, 0.3) is 0 Å². The van der Waals surface area contributed by atoms with E-state index in [1.807, 2.05) is 12.1 Å². The molecule has 2 aromatic rings. The van der Waals surface area contributed by atoms with Crippen LogP contribution in [0.3, 0.4) is 0 Å². The smallest absolute Gasteiger partial charge is 0.127 e. The molecule has 0 fully saturated rings. The van der Waals surface area contributed by atoms with Crippen LogP contribution in [0.2, 0.25) is 0 Å². The summed E-state index contributed by atoms with van der Waals surface area (Å²) in [4.78, 5) is 0. The first-order valence-electron chi connectivity index (χ1n) is 6.29. The topological polar surface area (TPSA) is 9.23 Å². The van der Waals surface area contributed by atoms with E-state index in [0.717, 1.165) is 12.2 Å². The highest BCUT2D eigenvalue weighted by atomic mass is 16.5. The van der Waals surface area contributed by atoms with Crippen LogP contribution in [0.1, 0.15) is 18.1 Å². The van der Waals surface area contributed by atoms with Crippen molar-refractivity contribution in [3.05, 3.63) is 71.3 Å². The molecule has 0 atom stereocenters. The molecule has 0 saturated heterocycles. The van der Waals surface area contributed by atoms with Gasteiger partial charge in [-0.15, -0.1) is 0 Å². The number of fused-ring (bicyclic) bond motifs is 1. The molecule has 1 heterocycles. The lowest BCUT2D eigenvalue weighted by molar-refractivity contribution is 0.388. The van der Waals surface area contributed by atoms with Gasteiger partial charge in [0.2, 0.25) is 0 Å². The predicted molar refractivity (Wildman–Crippen MR) is 74.7 cm³/mol. The molecule has 1 heteroatoms. The molecule has 0 spiro atoms. The van der Waals surface area contributed by atoms with Crippen molar-refractivity contribution in [2.45, 2.75) is 13.3 Å². The molecule has 0 radical (unpaired) electrons. The number of rotatable bonds is 2. The number of benzene rings is 2. The Bertz CT molecular complexity index is 582. The standard InChI is InChI=1S/C17H16O/c1-13(11-14-7-3-2-4-8-14)16-12-18-17-10-6-5-9-15(16)17/h2-10H,11-12H2,1H3/b16-13-. The van der Waals surface area contributed by atoms with Crippen LogP contribution in [0, 0.1) is 0 Å². The summed E-state index contributed by atoms with van der Waals surface area (Å²) in [6.45, 7) is 2.91. The molecule has 18 heavy (non-hydrogen) atoms. The first-order chi connectivity index (χ1) is 8.84. The third kappa shape index (κ3) is 2.04. The van der Waals surface area contributed by atoms with Crippen LogP contribution < -0.4 is 4.74 Å². The van der Waals surface area contributed by atoms with E-state index in [2.05, 4.69) is 49.4 Å². The average molecular weight is 236 g/mol. The normalized spacial score (nSPS) is 16.1. The molecule has 0 amide bonds. The van der Waals surface area contributed by atoms with Crippen molar-refractivity contribution in [3.63, 3.8) is 0 Å². The van der Waals surface area contributed by atoms with Crippen molar-refractivity contribution in [3.8, 4) is 5.75 Å². The molecule has 2 aromatic carbocycles. The van der Waals surface area contributed by atoms with Gasteiger partial charge in [0.05, 0.1) is 0 Å². The summed E-state index contributed by atoms with van der Waals surface area (Å²) in [5.41, 5.74) is 5.35. The van der Waals surface area contributed by atoms with Crippen molar-refractivity contribution < 1.29 is 4.74 Å². The zero-order valence-electron chi connectivity index (χ0n) is 10.5. The zero-order valence-corrected chi connectivity index (χ0v) is 10.5. The summed E-state index contributed by atoms with van der Waals surface area (Å²) >= 11 is 0. The van der Waals surface area contributed by atoms with E-state index in [4.69, 9.17) is 4.74 Å². The Morgan fingerprint density at radius 2 is 1.72 bits per heavy atom. The molecule has 0 aliphatic carbocycles. The van der Waals surface area contributed by atoms with Gasteiger partial charge in [-0.05, 0) is 30.5 Å². The number of allylic oxidation sites excluding steroid dienone is 1. The molecular weight excluding hydrogens is 220 g/mol. The average Bonchev–Trinajstić information content (AvgIpc) is 2.84.